The van der Waals surface area contributed by atoms with Crippen LogP contribution in [0.25, 0.3) is 0 Å². The molecule has 0 spiro atoms. The zero-order valence-corrected chi connectivity index (χ0v) is 9.10. The number of urea groups is 1. The van der Waals surface area contributed by atoms with Gasteiger partial charge in [0.05, 0.1) is 5.69 Å². The van der Waals surface area contributed by atoms with Crippen LogP contribution in [-0.4, -0.2) is 31.4 Å². The lowest BCUT2D eigenvalue weighted by Gasteiger charge is -2.20. The highest BCUT2D eigenvalue weighted by Crippen LogP contribution is 2.14. The van der Waals surface area contributed by atoms with Crippen LogP contribution in [0.1, 0.15) is 5.56 Å². The maximum atomic E-state index is 11.6. The van der Waals surface area contributed by atoms with E-state index in [9.17, 15) is 9.59 Å². The van der Waals surface area contributed by atoms with Crippen molar-refractivity contribution < 1.29 is 9.59 Å². The van der Waals surface area contributed by atoms with Gasteiger partial charge in [-0.05, 0) is 19.1 Å². The average Bonchev–Trinajstić information content (AvgIpc) is 2.21. The summed E-state index contributed by atoms with van der Waals surface area (Å²) in [5, 5.41) is 0. The molecule has 0 unspecified atom stereocenters. The van der Waals surface area contributed by atoms with Gasteiger partial charge in [0.2, 0.25) is 6.41 Å². The van der Waals surface area contributed by atoms with E-state index in [1.165, 1.54) is 4.90 Å². The summed E-state index contributed by atoms with van der Waals surface area (Å²) >= 11 is 0. The first-order chi connectivity index (χ1) is 7.06. The number of rotatable bonds is 2. The van der Waals surface area contributed by atoms with E-state index in [1.54, 1.807) is 26.2 Å². The summed E-state index contributed by atoms with van der Waals surface area (Å²) < 4.78 is 0. The largest absolute Gasteiger partial charge is 0.330 e. The van der Waals surface area contributed by atoms with Crippen molar-refractivity contribution >= 4 is 18.1 Å². The normalized spacial score (nSPS) is 9.53. The molecule has 1 aromatic carbocycles. The fraction of sp³-hybridized carbons (Fsp3) is 0.273. The zero-order chi connectivity index (χ0) is 11.4. The van der Waals surface area contributed by atoms with Gasteiger partial charge in [-0.3, -0.25) is 4.79 Å². The molecular formula is C11H14N2O2. The highest BCUT2D eigenvalue weighted by molar-refractivity contribution is 6.05. The third kappa shape index (κ3) is 2.56. The van der Waals surface area contributed by atoms with Gasteiger partial charge in [-0.2, -0.15) is 0 Å². The summed E-state index contributed by atoms with van der Waals surface area (Å²) in [5.41, 5.74) is 1.66. The molecule has 1 rings (SSSR count). The monoisotopic (exact) mass is 206 g/mol. The number of hydrogen-bond donors (Lipinski definition) is 0. The predicted octanol–water partition coefficient (Wildman–Crippen LogP) is 1.64. The van der Waals surface area contributed by atoms with Crippen LogP contribution in [-0.2, 0) is 4.79 Å². The van der Waals surface area contributed by atoms with E-state index >= 15 is 0 Å². The maximum Gasteiger partial charge on any atom is 0.330 e. The molecule has 0 aromatic heterocycles. The van der Waals surface area contributed by atoms with Crippen LogP contribution >= 0.6 is 0 Å². The lowest BCUT2D eigenvalue weighted by molar-refractivity contribution is -0.106. The number of benzene rings is 1. The van der Waals surface area contributed by atoms with E-state index in [4.69, 9.17) is 0 Å². The van der Waals surface area contributed by atoms with Crippen molar-refractivity contribution in [2.24, 2.45) is 0 Å². The van der Waals surface area contributed by atoms with E-state index in [2.05, 4.69) is 0 Å². The molecule has 0 bridgehead atoms. The molecule has 0 N–H and O–H groups in total. The highest BCUT2D eigenvalue weighted by Gasteiger charge is 2.15. The first kappa shape index (κ1) is 11.2. The Morgan fingerprint density at radius 3 is 2.13 bits per heavy atom. The Morgan fingerprint density at radius 1 is 1.20 bits per heavy atom. The first-order valence-electron chi connectivity index (χ1n) is 4.58. The number of aryl methyl sites for hydroxylation is 1. The van der Waals surface area contributed by atoms with E-state index in [1.807, 2.05) is 19.1 Å². The lowest BCUT2D eigenvalue weighted by atomic mass is 10.2. The minimum atomic E-state index is -0.353. The molecule has 0 saturated carbocycles. The standard InChI is InChI=1S/C11H14N2O2/c1-9-4-6-10(7-5-9)13(8-14)11(15)12(2)3/h4-8H,1-3H3. The molecule has 0 aliphatic heterocycles. The third-order valence-corrected chi connectivity index (χ3v) is 2.01. The minimum absolute atomic E-state index is 0.353. The molecule has 0 fully saturated rings. The van der Waals surface area contributed by atoms with Crippen LogP contribution in [0.3, 0.4) is 0 Å². The molecule has 0 aliphatic rings. The Balaban J connectivity index is 2.97. The Bertz CT molecular complexity index is 357. The molecule has 80 valence electrons. The maximum absolute atomic E-state index is 11.6. The number of carbonyl (C=O) groups excluding carboxylic acids is 2. The Hall–Kier alpha value is -1.84. The van der Waals surface area contributed by atoms with Gasteiger partial charge in [0.25, 0.3) is 0 Å². The SMILES string of the molecule is Cc1ccc(N(C=O)C(=O)N(C)C)cc1. The number of nitrogens with zero attached hydrogens (tertiary/aromatic N) is 2. The number of anilines is 1. The van der Waals surface area contributed by atoms with Crippen molar-refractivity contribution in [1.29, 1.82) is 0 Å². The van der Waals surface area contributed by atoms with Gasteiger partial charge in [0.1, 0.15) is 0 Å². The van der Waals surface area contributed by atoms with Crippen molar-refractivity contribution in [3.8, 4) is 0 Å². The van der Waals surface area contributed by atoms with E-state index in [0.29, 0.717) is 12.1 Å². The summed E-state index contributed by atoms with van der Waals surface area (Å²) in [6.07, 6.45) is 0.521. The van der Waals surface area contributed by atoms with Crippen molar-refractivity contribution in [2.75, 3.05) is 19.0 Å². The summed E-state index contributed by atoms with van der Waals surface area (Å²) in [7, 11) is 3.21. The lowest BCUT2D eigenvalue weighted by Crippen LogP contribution is -2.38. The summed E-state index contributed by atoms with van der Waals surface area (Å²) in [5.74, 6) is 0. The van der Waals surface area contributed by atoms with Crippen LogP contribution in [0.2, 0.25) is 0 Å². The second kappa shape index (κ2) is 4.59. The smallest absolute Gasteiger partial charge is 0.330 e. The number of hydrogen-bond acceptors (Lipinski definition) is 2. The molecule has 0 aliphatic carbocycles. The van der Waals surface area contributed by atoms with Gasteiger partial charge >= 0.3 is 6.03 Å². The fourth-order valence-corrected chi connectivity index (χ4v) is 1.14. The molecule has 1 aromatic rings. The Kier molecular flexibility index (Phi) is 3.44. The average molecular weight is 206 g/mol. The van der Waals surface area contributed by atoms with Gasteiger partial charge in [-0.25, -0.2) is 9.69 Å². The third-order valence-electron chi connectivity index (χ3n) is 2.01. The van der Waals surface area contributed by atoms with E-state index in [0.717, 1.165) is 10.5 Å². The molecule has 0 saturated heterocycles. The molecule has 3 amide bonds. The number of imide groups is 1. The van der Waals surface area contributed by atoms with Crippen molar-refractivity contribution in [3.05, 3.63) is 29.8 Å². The predicted molar refractivity (Wildman–Crippen MR) is 58.8 cm³/mol. The van der Waals surface area contributed by atoms with Gasteiger partial charge in [-0.15, -0.1) is 0 Å². The summed E-state index contributed by atoms with van der Waals surface area (Å²) in [6.45, 7) is 1.95. The van der Waals surface area contributed by atoms with Crippen LogP contribution in [0.5, 0.6) is 0 Å². The minimum Gasteiger partial charge on any atom is -0.330 e. The van der Waals surface area contributed by atoms with Gasteiger partial charge in [0.15, 0.2) is 0 Å². The van der Waals surface area contributed by atoms with Crippen LogP contribution < -0.4 is 4.90 Å². The molecular weight excluding hydrogens is 192 g/mol. The quantitative estimate of drug-likeness (QED) is 0.690. The van der Waals surface area contributed by atoms with Crippen LogP contribution in [0.15, 0.2) is 24.3 Å². The summed E-state index contributed by atoms with van der Waals surface area (Å²) in [6, 6.07) is 6.84. The number of carbonyl (C=O) groups is 2. The van der Waals surface area contributed by atoms with E-state index in [-0.39, 0.29) is 6.03 Å². The van der Waals surface area contributed by atoms with Crippen molar-refractivity contribution in [3.63, 3.8) is 0 Å². The summed E-state index contributed by atoms with van der Waals surface area (Å²) in [4.78, 5) is 24.8. The topological polar surface area (TPSA) is 40.6 Å². The Labute approximate surface area is 89.1 Å². The fourth-order valence-electron chi connectivity index (χ4n) is 1.14. The highest BCUT2D eigenvalue weighted by atomic mass is 16.2. The van der Waals surface area contributed by atoms with Gasteiger partial charge < -0.3 is 4.90 Å². The first-order valence-corrected chi connectivity index (χ1v) is 4.58. The molecule has 0 heterocycles. The number of amides is 3. The van der Waals surface area contributed by atoms with Gasteiger partial charge in [0, 0.05) is 14.1 Å². The molecule has 15 heavy (non-hydrogen) atoms. The molecule has 0 radical (unpaired) electrons. The molecule has 0 atom stereocenters. The van der Waals surface area contributed by atoms with Crippen LogP contribution in [0.4, 0.5) is 10.5 Å². The molecule has 4 nitrogen and oxygen atoms in total. The second-order valence-corrected chi connectivity index (χ2v) is 3.49. The van der Waals surface area contributed by atoms with Crippen molar-refractivity contribution in [1.82, 2.24) is 4.90 Å². The van der Waals surface area contributed by atoms with Crippen molar-refractivity contribution in [2.45, 2.75) is 6.92 Å². The zero-order valence-electron chi connectivity index (χ0n) is 9.10. The van der Waals surface area contributed by atoms with Crippen LogP contribution in [0, 0.1) is 6.92 Å². The van der Waals surface area contributed by atoms with E-state index < -0.39 is 0 Å². The van der Waals surface area contributed by atoms with Gasteiger partial charge in [-0.1, -0.05) is 17.7 Å². The second-order valence-electron chi connectivity index (χ2n) is 3.49. The molecule has 4 heteroatoms. The Morgan fingerprint density at radius 2 is 1.73 bits per heavy atom.